The minimum atomic E-state index is 0.101. The second-order valence-corrected chi connectivity index (χ2v) is 5.18. The van der Waals surface area contributed by atoms with Crippen molar-refractivity contribution in [1.29, 1.82) is 0 Å². The topological polar surface area (TPSA) is 30.2 Å². The number of carbonyl (C=O) groups is 1. The summed E-state index contributed by atoms with van der Waals surface area (Å²) in [5.74, 6) is 0.101. The van der Waals surface area contributed by atoms with Gasteiger partial charge in [-0.15, -0.1) is 0 Å². The first kappa shape index (κ1) is 12.7. The number of para-hydroxylation sites is 1. The summed E-state index contributed by atoms with van der Waals surface area (Å²) in [4.78, 5) is 12.5. The van der Waals surface area contributed by atoms with Crippen molar-refractivity contribution >= 4 is 16.8 Å². The molecule has 0 aliphatic heterocycles. The molecule has 100 valence electrons. The van der Waals surface area contributed by atoms with E-state index >= 15 is 0 Å². The molecule has 1 aromatic heterocycles. The Hall–Kier alpha value is -2.35. The fraction of sp³-hybridized carbons (Fsp3) is 0.167. The number of fused-ring (bicyclic) bond motifs is 1. The molecule has 2 aromatic carbocycles. The zero-order chi connectivity index (χ0) is 14.1. The van der Waals surface area contributed by atoms with Gasteiger partial charge in [-0.25, -0.2) is 0 Å². The van der Waals surface area contributed by atoms with E-state index in [-0.39, 0.29) is 5.78 Å². The Labute approximate surface area is 118 Å². The monoisotopic (exact) mass is 264 g/mol. The van der Waals surface area contributed by atoms with Crippen LogP contribution in [0.1, 0.15) is 27.0 Å². The molecule has 0 fully saturated rings. The van der Waals surface area contributed by atoms with Crippen LogP contribution >= 0.6 is 0 Å². The van der Waals surface area contributed by atoms with E-state index in [0.29, 0.717) is 12.0 Å². The van der Waals surface area contributed by atoms with Gasteiger partial charge in [0.05, 0.1) is 5.56 Å². The lowest BCUT2D eigenvalue weighted by molar-refractivity contribution is 0.0993. The predicted molar refractivity (Wildman–Crippen MR) is 80.2 cm³/mol. The van der Waals surface area contributed by atoms with Crippen LogP contribution in [0.4, 0.5) is 0 Å². The van der Waals surface area contributed by atoms with E-state index in [0.717, 1.165) is 22.1 Å². The van der Waals surface area contributed by atoms with Crippen molar-refractivity contribution in [2.45, 2.75) is 20.3 Å². The largest absolute Gasteiger partial charge is 0.464 e. The van der Waals surface area contributed by atoms with Crippen molar-refractivity contribution in [1.82, 2.24) is 0 Å². The minimum Gasteiger partial charge on any atom is -0.464 e. The molecule has 0 unspecified atom stereocenters. The van der Waals surface area contributed by atoms with Crippen molar-refractivity contribution in [3.8, 4) is 0 Å². The number of hydrogen-bond donors (Lipinski definition) is 0. The molecule has 0 spiro atoms. The Bertz CT molecular complexity index is 781. The first-order valence-corrected chi connectivity index (χ1v) is 6.71. The first-order valence-electron chi connectivity index (χ1n) is 6.71. The summed E-state index contributed by atoms with van der Waals surface area (Å²) in [5.41, 5.74) is 4.84. The molecule has 20 heavy (non-hydrogen) atoms. The van der Waals surface area contributed by atoms with E-state index in [9.17, 15) is 4.79 Å². The van der Waals surface area contributed by atoms with Gasteiger partial charge in [0.2, 0.25) is 0 Å². The van der Waals surface area contributed by atoms with E-state index in [1.54, 1.807) is 6.26 Å². The summed E-state index contributed by atoms with van der Waals surface area (Å²) in [6.45, 7) is 4.08. The van der Waals surface area contributed by atoms with Gasteiger partial charge in [0.25, 0.3) is 0 Å². The Kier molecular flexibility index (Phi) is 3.15. The van der Waals surface area contributed by atoms with Crippen molar-refractivity contribution in [2.24, 2.45) is 0 Å². The Morgan fingerprint density at radius 1 is 1.10 bits per heavy atom. The summed E-state index contributed by atoms with van der Waals surface area (Å²) >= 11 is 0. The molecule has 2 nitrogen and oxygen atoms in total. The number of aryl methyl sites for hydroxylation is 2. The number of benzene rings is 2. The molecule has 0 aliphatic carbocycles. The maximum absolute atomic E-state index is 12.5. The maximum atomic E-state index is 12.5. The van der Waals surface area contributed by atoms with Crippen LogP contribution in [0.5, 0.6) is 0 Å². The molecule has 0 saturated carbocycles. The molecule has 2 heteroatoms. The van der Waals surface area contributed by atoms with Gasteiger partial charge in [-0.2, -0.15) is 0 Å². The molecule has 1 heterocycles. The first-order chi connectivity index (χ1) is 9.65. The predicted octanol–water partition coefficient (Wildman–Crippen LogP) is 4.48. The maximum Gasteiger partial charge on any atom is 0.171 e. The van der Waals surface area contributed by atoms with Crippen molar-refractivity contribution < 1.29 is 9.21 Å². The number of ketones is 1. The van der Waals surface area contributed by atoms with Crippen LogP contribution in [0.3, 0.4) is 0 Å². The van der Waals surface area contributed by atoms with E-state index in [2.05, 4.69) is 18.2 Å². The van der Waals surface area contributed by atoms with Crippen molar-refractivity contribution in [3.63, 3.8) is 0 Å². The van der Waals surface area contributed by atoms with Crippen LogP contribution < -0.4 is 0 Å². The van der Waals surface area contributed by atoms with Crippen LogP contribution in [-0.2, 0) is 6.42 Å². The molecule has 0 atom stereocenters. The van der Waals surface area contributed by atoms with Crippen LogP contribution in [0.15, 0.2) is 53.1 Å². The van der Waals surface area contributed by atoms with E-state index in [1.807, 2.05) is 38.1 Å². The van der Waals surface area contributed by atoms with Crippen LogP contribution in [-0.4, -0.2) is 5.78 Å². The molecule has 0 bridgehead atoms. The van der Waals surface area contributed by atoms with E-state index in [1.165, 1.54) is 5.56 Å². The van der Waals surface area contributed by atoms with Gasteiger partial charge >= 0.3 is 0 Å². The summed E-state index contributed by atoms with van der Waals surface area (Å²) < 4.78 is 5.44. The highest BCUT2D eigenvalue weighted by Crippen LogP contribution is 2.23. The number of rotatable bonds is 3. The summed E-state index contributed by atoms with van der Waals surface area (Å²) in [6, 6.07) is 13.8. The van der Waals surface area contributed by atoms with Crippen molar-refractivity contribution in [2.75, 3.05) is 0 Å². The van der Waals surface area contributed by atoms with E-state index < -0.39 is 0 Å². The Morgan fingerprint density at radius 2 is 1.90 bits per heavy atom. The fourth-order valence-electron chi connectivity index (χ4n) is 2.45. The molecular formula is C18H16O2. The zero-order valence-electron chi connectivity index (χ0n) is 11.6. The molecular weight excluding hydrogens is 248 g/mol. The third-order valence-electron chi connectivity index (χ3n) is 3.64. The summed E-state index contributed by atoms with van der Waals surface area (Å²) in [7, 11) is 0. The lowest BCUT2D eigenvalue weighted by Gasteiger charge is -2.05. The average Bonchev–Trinajstić information content (AvgIpc) is 2.87. The lowest BCUT2D eigenvalue weighted by atomic mass is 9.97. The number of carbonyl (C=O) groups excluding carboxylic acids is 1. The number of furan rings is 1. The highest BCUT2D eigenvalue weighted by Gasteiger charge is 2.14. The Morgan fingerprint density at radius 3 is 2.75 bits per heavy atom. The third-order valence-corrected chi connectivity index (χ3v) is 3.64. The number of Topliss-reactive ketones (excluding diaryl/α,β-unsaturated/α-hetero) is 1. The van der Waals surface area contributed by atoms with Gasteiger partial charge in [0.15, 0.2) is 5.78 Å². The molecule has 0 amide bonds. The van der Waals surface area contributed by atoms with Gasteiger partial charge in [-0.05, 0) is 31.0 Å². The minimum absolute atomic E-state index is 0.101. The summed E-state index contributed by atoms with van der Waals surface area (Å²) in [5, 5.41) is 0.891. The molecule has 0 aliphatic rings. The second-order valence-electron chi connectivity index (χ2n) is 5.18. The quantitative estimate of drug-likeness (QED) is 0.653. The molecule has 0 saturated heterocycles. The fourth-order valence-corrected chi connectivity index (χ4v) is 2.45. The molecule has 0 N–H and O–H groups in total. The van der Waals surface area contributed by atoms with Crippen molar-refractivity contribution in [3.05, 3.63) is 71.0 Å². The van der Waals surface area contributed by atoms with Gasteiger partial charge in [-0.3, -0.25) is 4.79 Å². The number of hydrogen-bond acceptors (Lipinski definition) is 2. The summed E-state index contributed by atoms with van der Waals surface area (Å²) in [6.07, 6.45) is 1.98. The molecule has 0 radical (unpaired) electrons. The van der Waals surface area contributed by atoms with Gasteiger partial charge in [0.1, 0.15) is 11.8 Å². The second kappa shape index (κ2) is 4.97. The van der Waals surface area contributed by atoms with Gasteiger partial charge < -0.3 is 4.42 Å². The highest BCUT2D eigenvalue weighted by molar-refractivity contribution is 6.07. The molecule has 3 rings (SSSR count). The van der Waals surface area contributed by atoms with Crippen LogP contribution in [0.2, 0.25) is 0 Å². The van der Waals surface area contributed by atoms with Crippen LogP contribution in [0.25, 0.3) is 11.0 Å². The third kappa shape index (κ3) is 2.25. The normalized spacial score (nSPS) is 10.9. The highest BCUT2D eigenvalue weighted by atomic mass is 16.3. The van der Waals surface area contributed by atoms with E-state index in [4.69, 9.17) is 4.42 Å². The molecule has 3 aromatic rings. The smallest absolute Gasteiger partial charge is 0.171 e. The average molecular weight is 264 g/mol. The SMILES string of the molecule is Cc1ccc(C)c(CC(=O)c2coc3ccccc23)c1. The standard InChI is InChI=1S/C18H16O2/c1-12-7-8-13(2)14(9-12)10-17(19)16-11-20-18-6-4-3-5-15(16)18/h3-9,11H,10H2,1-2H3. The van der Waals surface area contributed by atoms with Crippen LogP contribution in [0, 0.1) is 13.8 Å². The lowest BCUT2D eigenvalue weighted by Crippen LogP contribution is -2.04. The van der Waals surface area contributed by atoms with Gasteiger partial charge in [-0.1, -0.05) is 42.0 Å². The zero-order valence-corrected chi connectivity index (χ0v) is 11.6. The van der Waals surface area contributed by atoms with Gasteiger partial charge in [0, 0.05) is 11.8 Å². The Balaban J connectivity index is 1.95.